The number of rotatable bonds is 6. The minimum Gasteiger partial charge on any atom is -0.494 e. The van der Waals surface area contributed by atoms with Gasteiger partial charge in [0.15, 0.2) is 10.6 Å². The number of hydrogen-bond acceptors (Lipinski definition) is 4. The maximum atomic E-state index is 5.70. The molecule has 0 aliphatic carbocycles. The second kappa shape index (κ2) is 8.51. The van der Waals surface area contributed by atoms with Gasteiger partial charge < -0.3 is 9.30 Å². The highest BCUT2D eigenvalue weighted by Crippen LogP contribution is 2.33. The highest BCUT2D eigenvalue weighted by Gasteiger charge is 2.27. The second-order valence-electron chi connectivity index (χ2n) is 7.65. The zero-order valence-corrected chi connectivity index (χ0v) is 18.2. The van der Waals surface area contributed by atoms with Gasteiger partial charge in [-0.15, -0.1) is 0 Å². The molecular formula is C23H28N4OS. The summed E-state index contributed by atoms with van der Waals surface area (Å²) in [7, 11) is 2.00. The fourth-order valence-corrected chi connectivity index (χ4v) is 4.30. The predicted molar refractivity (Wildman–Crippen MR) is 118 cm³/mol. The highest BCUT2D eigenvalue weighted by molar-refractivity contribution is 7.71. The van der Waals surface area contributed by atoms with Gasteiger partial charge in [-0.25, -0.2) is 4.68 Å². The van der Waals surface area contributed by atoms with E-state index in [1.807, 2.05) is 23.2 Å². The number of hydrogen-bond donors (Lipinski definition) is 0. The van der Waals surface area contributed by atoms with Crippen molar-refractivity contribution in [1.82, 2.24) is 19.2 Å². The third kappa shape index (κ3) is 4.14. The van der Waals surface area contributed by atoms with Gasteiger partial charge in [-0.05, 0) is 62.7 Å². The third-order valence-corrected chi connectivity index (χ3v) is 6.06. The Bertz CT molecular complexity index is 1040. The molecule has 0 bridgehead atoms. The summed E-state index contributed by atoms with van der Waals surface area (Å²) in [6, 6.07) is 17.3. The van der Waals surface area contributed by atoms with Gasteiger partial charge in [-0.3, -0.25) is 4.90 Å². The lowest BCUT2D eigenvalue weighted by atomic mass is 10.0. The quantitative estimate of drug-likeness (QED) is 0.530. The van der Waals surface area contributed by atoms with Crippen molar-refractivity contribution in [2.45, 2.75) is 39.4 Å². The molecule has 1 fully saturated rings. The van der Waals surface area contributed by atoms with Crippen LogP contribution in [0.25, 0.3) is 11.4 Å². The van der Waals surface area contributed by atoms with Crippen molar-refractivity contribution in [3.63, 3.8) is 0 Å². The Balaban J connectivity index is 1.57. The lowest BCUT2D eigenvalue weighted by molar-refractivity contribution is 0.190. The van der Waals surface area contributed by atoms with Crippen molar-refractivity contribution >= 4 is 12.2 Å². The first-order valence-electron chi connectivity index (χ1n) is 10.2. The van der Waals surface area contributed by atoms with Gasteiger partial charge in [-0.2, -0.15) is 5.10 Å². The van der Waals surface area contributed by atoms with E-state index in [1.165, 1.54) is 17.5 Å². The SMILES string of the molecule is CCOc1ccc([C@@H]2CCCN2Cn2nc(-c3cccc(C)c3)n(C)c2=S)cc1. The van der Waals surface area contributed by atoms with Crippen molar-refractivity contribution in [2.75, 3.05) is 13.2 Å². The topological polar surface area (TPSA) is 35.2 Å². The number of benzene rings is 2. The number of likely N-dealkylation sites (tertiary alicyclic amines) is 1. The van der Waals surface area contributed by atoms with Crippen LogP contribution in [0.1, 0.15) is 36.9 Å². The molecule has 0 saturated carbocycles. The maximum absolute atomic E-state index is 5.70. The van der Waals surface area contributed by atoms with E-state index in [0.29, 0.717) is 19.3 Å². The van der Waals surface area contributed by atoms with Crippen LogP contribution in [0.2, 0.25) is 0 Å². The Morgan fingerprint density at radius 2 is 1.97 bits per heavy atom. The van der Waals surface area contributed by atoms with Crippen LogP contribution >= 0.6 is 12.2 Å². The molecule has 1 saturated heterocycles. The van der Waals surface area contributed by atoms with Crippen LogP contribution in [-0.4, -0.2) is 32.4 Å². The van der Waals surface area contributed by atoms with Crippen molar-refractivity contribution in [1.29, 1.82) is 0 Å². The van der Waals surface area contributed by atoms with Crippen molar-refractivity contribution in [2.24, 2.45) is 7.05 Å². The summed E-state index contributed by atoms with van der Waals surface area (Å²) in [5.41, 5.74) is 3.65. The van der Waals surface area contributed by atoms with Crippen LogP contribution < -0.4 is 4.74 Å². The Morgan fingerprint density at radius 1 is 1.17 bits per heavy atom. The lowest BCUT2D eigenvalue weighted by Crippen LogP contribution is -2.27. The molecule has 1 aliphatic rings. The van der Waals surface area contributed by atoms with Gasteiger partial charge in [0, 0.05) is 25.2 Å². The van der Waals surface area contributed by atoms with E-state index >= 15 is 0 Å². The van der Waals surface area contributed by atoms with Crippen molar-refractivity contribution < 1.29 is 4.74 Å². The van der Waals surface area contributed by atoms with E-state index in [0.717, 1.165) is 34.9 Å². The van der Waals surface area contributed by atoms with Gasteiger partial charge >= 0.3 is 0 Å². The van der Waals surface area contributed by atoms with Gasteiger partial charge in [0.1, 0.15) is 5.75 Å². The molecular weight excluding hydrogens is 380 g/mol. The summed E-state index contributed by atoms with van der Waals surface area (Å²) in [5.74, 6) is 1.84. The number of ether oxygens (including phenoxy) is 1. The largest absolute Gasteiger partial charge is 0.494 e. The normalized spacial score (nSPS) is 17.0. The van der Waals surface area contributed by atoms with Crippen LogP contribution in [0.5, 0.6) is 5.75 Å². The average Bonchev–Trinajstić information content (AvgIpc) is 3.29. The van der Waals surface area contributed by atoms with Gasteiger partial charge in [0.2, 0.25) is 0 Å². The van der Waals surface area contributed by atoms with Crippen LogP contribution in [0.3, 0.4) is 0 Å². The molecule has 2 aromatic carbocycles. The van der Waals surface area contributed by atoms with Crippen LogP contribution in [-0.2, 0) is 13.7 Å². The molecule has 152 valence electrons. The fourth-order valence-electron chi connectivity index (χ4n) is 4.11. The Hall–Kier alpha value is -2.44. The molecule has 1 atom stereocenters. The van der Waals surface area contributed by atoms with E-state index < -0.39 is 0 Å². The molecule has 29 heavy (non-hydrogen) atoms. The zero-order valence-electron chi connectivity index (χ0n) is 17.3. The van der Waals surface area contributed by atoms with Crippen LogP contribution in [0.15, 0.2) is 48.5 Å². The van der Waals surface area contributed by atoms with Crippen LogP contribution in [0.4, 0.5) is 0 Å². The summed E-state index contributed by atoms with van der Waals surface area (Å²) < 4.78 is 10.3. The van der Waals surface area contributed by atoms with E-state index in [4.69, 9.17) is 22.1 Å². The number of aryl methyl sites for hydroxylation is 1. The Morgan fingerprint density at radius 3 is 2.69 bits per heavy atom. The summed E-state index contributed by atoms with van der Waals surface area (Å²) in [6.45, 7) is 6.55. The molecule has 0 amide bonds. The van der Waals surface area contributed by atoms with Crippen molar-refractivity contribution in [3.05, 3.63) is 64.4 Å². The van der Waals surface area contributed by atoms with Crippen molar-refractivity contribution in [3.8, 4) is 17.1 Å². The molecule has 5 nitrogen and oxygen atoms in total. The molecule has 0 unspecified atom stereocenters. The standard InChI is InChI=1S/C23H28N4OS/c1-4-28-20-12-10-18(11-13-20)21-9-6-14-26(21)16-27-23(29)25(3)22(24-27)19-8-5-7-17(2)15-19/h5,7-8,10-13,15,21H,4,6,9,14,16H2,1-3H3/t21-/m0/s1. The molecule has 3 aromatic rings. The van der Waals surface area contributed by atoms with Gasteiger partial charge in [0.25, 0.3) is 0 Å². The minimum absolute atomic E-state index is 0.386. The summed E-state index contributed by atoms with van der Waals surface area (Å²) >= 11 is 5.70. The molecule has 6 heteroatoms. The van der Waals surface area contributed by atoms with Gasteiger partial charge in [-0.1, -0.05) is 35.9 Å². The first-order chi connectivity index (χ1) is 14.1. The van der Waals surface area contributed by atoms with E-state index in [2.05, 4.69) is 60.4 Å². The second-order valence-corrected chi connectivity index (χ2v) is 8.01. The molecule has 2 heterocycles. The molecule has 0 N–H and O–H groups in total. The smallest absolute Gasteiger partial charge is 0.199 e. The summed E-state index contributed by atoms with van der Waals surface area (Å²) in [5, 5.41) is 4.86. The Labute approximate surface area is 177 Å². The first kappa shape index (κ1) is 19.9. The summed E-state index contributed by atoms with van der Waals surface area (Å²) in [4.78, 5) is 2.47. The number of aromatic nitrogens is 3. The predicted octanol–water partition coefficient (Wildman–Crippen LogP) is 5.12. The lowest BCUT2D eigenvalue weighted by Gasteiger charge is -2.24. The molecule has 0 radical (unpaired) electrons. The highest BCUT2D eigenvalue weighted by atomic mass is 32.1. The first-order valence-corrected chi connectivity index (χ1v) is 10.7. The zero-order chi connectivity index (χ0) is 20.4. The van der Waals surface area contributed by atoms with E-state index in [1.54, 1.807) is 0 Å². The van der Waals surface area contributed by atoms with E-state index in [-0.39, 0.29) is 0 Å². The molecule has 1 aliphatic heterocycles. The van der Waals surface area contributed by atoms with Crippen LogP contribution in [0, 0.1) is 11.7 Å². The summed E-state index contributed by atoms with van der Waals surface area (Å²) in [6.07, 6.45) is 2.33. The fraction of sp³-hybridized carbons (Fsp3) is 0.391. The minimum atomic E-state index is 0.386. The van der Waals surface area contributed by atoms with E-state index in [9.17, 15) is 0 Å². The van der Waals surface area contributed by atoms with Gasteiger partial charge in [0.05, 0.1) is 13.3 Å². The maximum Gasteiger partial charge on any atom is 0.199 e. The monoisotopic (exact) mass is 408 g/mol. The average molecular weight is 409 g/mol. The molecule has 0 spiro atoms. The molecule has 4 rings (SSSR count). The molecule has 1 aromatic heterocycles. The third-order valence-electron chi connectivity index (χ3n) is 5.57. The number of nitrogens with zero attached hydrogens (tertiary/aromatic N) is 4. The Kier molecular flexibility index (Phi) is 5.83.